The van der Waals surface area contributed by atoms with Crippen LogP contribution in [-0.2, 0) is 4.43 Å². The van der Waals surface area contributed by atoms with Crippen molar-refractivity contribution in [2.24, 2.45) is 0 Å². The Morgan fingerprint density at radius 3 is 2.17 bits per heavy atom. The molecule has 0 aliphatic carbocycles. The maximum Gasteiger partial charge on any atom is 0.184 e. The SMILES string of the molecule is C[Si](C)(C)C[Si](C)(C)OCC=Cc1ccccc1. The number of benzene rings is 1. The van der Waals surface area contributed by atoms with Crippen molar-refractivity contribution < 1.29 is 4.43 Å². The van der Waals surface area contributed by atoms with Crippen LogP contribution < -0.4 is 0 Å². The van der Waals surface area contributed by atoms with Gasteiger partial charge in [-0.1, -0.05) is 62.1 Å². The summed E-state index contributed by atoms with van der Waals surface area (Å²) in [6.07, 6.45) is 4.27. The van der Waals surface area contributed by atoms with E-state index in [0.29, 0.717) is 0 Å². The first kappa shape index (κ1) is 15.4. The van der Waals surface area contributed by atoms with Gasteiger partial charge >= 0.3 is 0 Å². The summed E-state index contributed by atoms with van der Waals surface area (Å²) in [6.45, 7) is 12.7. The topological polar surface area (TPSA) is 9.23 Å². The Kier molecular flexibility index (Phi) is 5.57. The monoisotopic (exact) mass is 278 g/mol. The Hall–Kier alpha value is -0.646. The van der Waals surface area contributed by atoms with Gasteiger partial charge in [0, 0.05) is 8.07 Å². The van der Waals surface area contributed by atoms with Crippen LogP contribution in [0.25, 0.3) is 6.08 Å². The molecule has 0 amide bonds. The molecule has 1 rings (SSSR count). The van der Waals surface area contributed by atoms with Gasteiger partial charge in [0.05, 0.1) is 6.61 Å². The summed E-state index contributed by atoms with van der Waals surface area (Å²) >= 11 is 0. The van der Waals surface area contributed by atoms with Gasteiger partial charge in [0.2, 0.25) is 0 Å². The van der Waals surface area contributed by atoms with E-state index in [1.807, 2.05) is 6.07 Å². The highest BCUT2D eigenvalue weighted by Gasteiger charge is 2.29. The maximum atomic E-state index is 6.11. The van der Waals surface area contributed by atoms with Gasteiger partial charge in [-0.25, -0.2) is 0 Å². The van der Waals surface area contributed by atoms with E-state index in [-0.39, 0.29) is 0 Å². The van der Waals surface area contributed by atoms with E-state index >= 15 is 0 Å². The zero-order valence-electron chi connectivity index (χ0n) is 12.4. The lowest BCUT2D eigenvalue weighted by molar-refractivity contribution is 0.356. The van der Waals surface area contributed by atoms with Crippen LogP contribution in [0.3, 0.4) is 0 Å². The van der Waals surface area contributed by atoms with Crippen LogP contribution in [0.2, 0.25) is 38.4 Å². The lowest BCUT2D eigenvalue weighted by Crippen LogP contribution is -2.40. The molecule has 0 N–H and O–H groups in total. The van der Waals surface area contributed by atoms with Gasteiger partial charge in [-0.15, -0.1) is 0 Å². The Morgan fingerprint density at radius 1 is 1.00 bits per heavy atom. The second-order valence-electron chi connectivity index (χ2n) is 6.62. The van der Waals surface area contributed by atoms with E-state index in [1.165, 1.54) is 11.2 Å². The summed E-state index contributed by atoms with van der Waals surface area (Å²) in [6, 6.07) is 10.4. The summed E-state index contributed by atoms with van der Waals surface area (Å²) in [5, 5.41) is 0. The van der Waals surface area contributed by atoms with Gasteiger partial charge < -0.3 is 4.43 Å². The van der Waals surface area contributed by atoms with Crippen LogP contribution in [0.1, 0.15) is 5.56 Å². The molecule has 0 heterocycles. The minimum absolute atomic E-state index is 0.749. The van der Waals surface area contributed by atoms with Crippen molar-refractivity contribution >= 4 is 22.5 Å². The van der Waals surface area contributed by atoms with Crippen LogP contribution >= 0.6 is 0 Å². The molecular formula is C15H26OSi2. The summed E-state index contributed by atoms with van der Waals surface area (Å²) < 4.78 is 6.11. The minimum Gasteiger partial charge on any atom is -0.414 e. The Balaban J connectivity index is 2.39. The molecule has 18 heavy (non-hydrogen) atoms. The average molecular weight is 279 g/mol. The van der Waals surface area contributed by atoms with Crippen molar-refractivity contribution in [2.75, 3.05) is 6.61 Å². The van der Waals surface area contributed by atoms with Crippen molar-refractivity contribution in [1.82, 2.24) is 0 Å². The van der Waals surface area contributed by atoms with Crippen molar-refractivity contribution in [3.8, 4) is 0 Å². The molecule has 0 aliphatic heterocycles. The Morgan fingerprint density at radius 2 is 1.61 bits per heavy atom. The van der Waals surface area contributed by atoms with Gasteiger partial charge in [-0.2, -0.15) is 0 Å². The quantitative estimate of drug-likeness (QED) is 0.679. The van der Waals surface area contributed by atoms with E-state index in [1.54, 1.807) is 0 Å². The lowest BCUT2D eigenvalue weighted by Gasteiger charge is -2.28. The molecule has 0 unspecified atom stereocenters. The molecule has 1 aromatic carbocycles. The van der Waals surface area contributed by atoms with Crippen molar-refractivity contribution in [3.05, 3.63) is 42.0 Å². The maximum absolute atomic E-state index is 6.11. The van der Waals surface area contributed by atoms with Crippen LogP contribution in [0.4, 0.5) is 0 Å². The van der Waals surface area contributed by atoms with Crippen LogP contribution in [-0.4, -0.2) is 23.0 Å². The zero-order chi connectivity index (χ0) is 13.6. The van der Waals surface area contributed by atoms with Crippen molar-refractivity contribution in [3.63, 3.8) is 0 Å². The number of rotatable bonds is 6. The van der Waals surface area contributed by atoms with E-state index in [0.717, 1.165) is 6.61 Å². The molecule has 100 valence electrons. The first-order valence-electron chi connectivity index (χ1n) is 6.64. The van der Waals surface area contributed by atoms with Gasteiger partial charge in [0.15, 0.2) is 8.32 Å². The third kappa shape index (κ3) is 6.94. The van der Waals surface area contributed by atoms with E-state index in [4.69, 9.17) is 4.43 Å². The lowest BCUT2D eigenvalue weighted by atomic mass is 10.2. The highest BCUT2D eigenvalue weighted by atomic mass is 28.4. The van der Waals surface area contributed by atoms with Crippen LogP contribution in [0.15, 0.2) is 36.4 Å². The normalized spacial score (nSPS) is 13.2. The Labute approximate surface area is 114 Å². The van der Waals surface area contributed by atoms with Gasteiger partial charge in [-0.05, 0) is 24.3 Å². The molecule has 0 bridgehead atoms. The number of hydrogen-bond acceptors (Lipinski definition) is 1. The molecule has 0 atom stereocenters. The number of hydrogen-bond donors (Lipinski definition) is 0. The fourth-order valence-corrected chi connectivity index (χ4v) is 13.5. The van der Waals surface area contributed by atoms with Gasteiger partial charge in [0.1, 0.15) is 0 Å². The summed E-state index contributed by atoms with van der Waals surface area (Å²) in [7, 11) is -2.47. The van der Waals surface area contributed by atoms with E-state index in [9.17, 15) is 0 Å². The third-order valence-electron chi connectivity index (χ3n) is 2.64. The molecule has 0 radical (unpaired) electrons. The summed E-state index contributed by atoms with van der Waals surface area (Å²) in [5.74, 6) is 0. The highest BCUT2D eigenvalue weighted by molar-refractivity contribution is 6.92. The first-order chi connectivity index (χ1) is 8.29. The molecule has 0 saturated heterocycles. The first-order valence-corrected chi connectivity index (χ1v) is 13.5. The second kappa shape index (κ2) is 6.50. The predicted molar refractivity (Wildman–Crippen MR) is 87.1 cm³/mol. The smallest absolute Gasteiger partial charge is 0.184 e. The molecule has 0 aliphatic rings. The molecule has 0 fully saturated rings. The molecule has 3 heteroatoms. The molecule has 0 aromatic heterocycles. The van der Waals surface area contributed by atoms with Crippen molar-refractivity contribution in [1.29, 1.82) is 0 Å². The van der Waals surface area contributed by atoms with Crippen LogP contribution in [0.5, 0.6) is 0 Å². The minimum atomic E-state index is -1.47. The molecule has 0 spiro atoms. The molecule has 0 saturated carbocycles. The predicted octanol–water partition coefficient (Wildman–Crippen LogP) is 4.80. The molecule has 1 nitrogen and oxygen atoms in total. The fraction of sp³-hybridized carbons (Fsp3) is 0.467. The van der Waals surface area contributed by atoms with E-state index in [2.05, 4.69) is 69.2 Å². The standard InChI is InChI=1S/C15H26OSi2/c1-17(2,3)14-18(4,5)16-13-9-12-15-10-7-6-8-11-15/h6-12H,13-14H2,1-5H3. The van der Waals surface area contributed by atoms with Crippen LogP contribution in [0, 0.1) is 0 Å². The largest absolute Gasteiger partial charge is 0.414 e. The van der Waals surface area contributed by atoms with Gasteiger partial charge in [0.25, 0.3) is 0 Å². The molecular weight excluding hydrogens is 252 g/mol. The average Bonchev–Trinajstić information content (AvgIpc) is 2.23. The highest BCUT2D eigenvalue weighted by Crippen LogP contribution is 2.20. The summed E-state index contributed by atoms with van der Waals surface area (Å²) in [5.41, 5.74) is 2.57. The Bertz CT molecular complexity index is 377. The molecule has 1 aromatic rings. The van der Waals surface area contributed by atoms with Crippen molar-refractivity contribution in [2.45, 2.75) is 38.4 Å². The second-order valence-corrected chi connectivity index (χ2v) is 17.0. The van der Waals surface area contributed by atoms with Gasteiger partial charge in [-0.3, -0.25) is 0 Å². The fourth-order valence-electron chi connectivity index (χ4n) is 2.35. The summed E-state index contributed by atoms with van der Waals surface area (Å²) in [4.78, 5) is 0. The zero-order valence-corrected chi connectivity index (χ0v) is 14.4. The van der Waals surface area contributed by atoms with E-state index < -0.39 is 16.4 Å². The third-order valence-corrected chi connectivity index (χ3v) is 11.2.